The Morgan fingerprint density at radius 2 is 2.09 bits per heavy atom. The van der Waals surface area contributed by atoms with Crippen molar-refractivity contribution >= 4 is 0 Å². The highest BCUT2D eigenvalue weighted by atomic mass is 15.1. The van der Waals surface area contributed by atoms with Crippen LogP contribution < -0.4 is 0 Å². The van der Waals surface area contributed by atoms with Crippen molar-refractivity contribution in [1.29, 1.82) is 0 Å². The van der Waals surface area contributed by atoms with Crippen molar-refractivity contribution in [2.45, 2.75) is 26.7 Å². The molecule has 0 radical (unpaired) electrons. The van der Waals surface area contributed by atoms with E-state index in [1.807, 2.05) is 6.20 Å². The Bertz CT molecular complexity index is 131. The lowest BCUT2D eigenvalue weighted by Gasteiger charge is -2.19. The van der Waals surface area contributed by atoms with Crippen LogP contribution in [0.1, 0.15) is 26.7 Å². The summed E-state index contributed by atoms with van der Waals surface area (Å²) in [5, 5.41) is 0. The van der Waals surface area contributed by atoms with Crippen LogP contribution in [0.25, 0.3) is 0 Å². The van der Waals surface area contributed by atoms with Crippen LogP contribution in [0.5, 0.6) is 0 Å². The van der Waals surface area contributed by atoms with E-state index in [0.717, 1.165) is 11.8 Å². The first kappa shape index (κ1) is 8.63. The molecule has 0 bridgehead atoms. The lowest BCUT2D eigenvalue weighted by Crippen LogP contribution is -2.21. The van der Waals surface area contributed by atoms with E-state index in [-0.39, 0.29) is 0 Å². The van der Waals surface area contributed by atoms with Gasteiger partial charge in [-0.15, -0.1) is 0 Å². The molecule has 1 fully saturated rings. The van der Waals surface area contributed by atoms with Crippen molar-refractivity contribution in [3.8, 4) is 0 Å². The van der Waals surface area contributed by atoms with Crippen molar-refractivity contribution in [2.24, 2.45) is 11.8 Å². The van der Waals surface area contributed by atoms with Crippen molar-refractivity contribution < 1.29 is 0 Å². The summed E-state index contributed by atoms with van der Waals surface area (Å²) in [6.45, 7) is 10.9. The Hall–Kier alpha value is -0.460. The minimum Gasteiger partial charge on any atom is -0.378 e. The molecule has 1 aliphatic heterocycles. The third-order valence-corrected chi connectivity index (χ3v) is 2.52. The molecule has 0 spiro atoms. The zero-order valence-corrected chi connectivity index (χ0v) is 7.71. The Morgan fingerprint density at radius 1 is 1.36 bits per heavy atom. The van der Waals surface area contributed by atoms with Crippen molar-refractivity contribution in [3.05, 3.63) is 12.8 Å². The van der Waals surface area contributed by atoms with Crippen LogP contribution >= 0.6 is 0 Å². The van der Waals surface area contributed by atoms with Gasteiger partial charge in [0.2, 0.25) is 0 Å². The molecule has 0 amide bonds. The van der Waals surface area contributed by atoms with Crippen LogP contribution in [-0.4, -0.2) is 18.0 Å². The largest absolute Gasteiger partial charge is 0.378 e. The van der Waals surface area contributed by atoms with E-state index in [9.17, 15) is 0 Å². The van der Waals surface area contributed by atoms with Gasteiger partial charge in [0.1, 0.15) is 0 Å². The van der Waals surface area contributed by atoms with Crippen LogP contribution in [0.2, 0.25) is 0 Å². The monoisotopic (exact) mass is 153 g/mol. The third kappa shape index (κ3) is 2.57. The Balaban J connectivity index is 2.45. The number of hydrogen-bond donors (Lipinski definition) is 0. The first-order chi connectivity index (χ1) is 5.22. The van der Waals surface area contributed by atoms with E-state index < -0.39 is 0 Å². The molecule has 1 unspecified atom stereocenters. The molecule has 1 heteroatoms. The van der Waals surface area contributed by atoms with E-state index in [0.29, 0.717) is 0 Å². The molecule has 1 rings (SSSR count). The Kier molecular flexibility index (Phi) is 2.98. The zero-order chi connectivity index (χ0) is 8.27. The molecule has 0 aromatic heterocycles. The fourth-order valence-electron chi connectivity index (χ4n) is 1.92. The van der Waals surface area contributed by atoms with Crippen LogP contribution in [0.3, 0.4) is 0 Å². The SMILES string of the molecule is C=CN1CCC(C)C[C@H](C)C1. The summed E-state index contributed by atoms with van der Waals surface area (Å²) in [5.74, 6) is 1.74. The van der Waals surface area contributed by atoms with Crippen molar-refractivity contribution in [3.63, 3.8) is 0 Å². The second-order valence-electron chi connectivity index (χ2n) is 3.91. The molecule has 1 saturated heterocycles. The highest BCUT2D eigenvalue weighted by molar-refractivity contribution is 4.78. The van der Waals surface area contributed by atoms with E-state index in [1.165, 1.54) is 25.9 Å². The second kappa shape index (κ2) is 3.80. The molecule has 1 nitrogen and oxygen atoms in total. The minimum absolute atomic E-state index is 0.838. The van der Waals surface area contributed by atoms with Crippen LogP contribution in [0, 0.1) is 11.8 Å². The summed E-state index contributed by atoms with van der Waals surface area (Å²) in [6.07, 6.45) is 4.69. The maximum Gasteiger partial charge on any atom is 0.0198 e. The van der Waals surface area contributed by atoms with E-state index in [4.69, 9.17) is 0 Å². The van der Waals surface area contributed by atoms with Gasteiger partial charge in [-0.2, -0.15) is 0 Å². The maximum atomic E-state index is 3.81. The van der Waals surface area contributed by atoms with Gasteiger partial charge >= 0.3 is 0 Å². The molecule has 1 heterocycles. The molecule has 2 atom stereocenters. The van der Waals surface area contributed by atoms with E-state index in [2.05, 4.69) is 25.3 Å². The molecule has 0 aliphatic carbocycles. The molecule has 0 aromatic rings. The average Bonchev–Trinajstić information content (AvgIpc) is 2.11. The number of rotatable bonds is 1. The summed E-state index contributed by atoms with van der Waals surface area (Å²) in [5.41, 5.74) is 0. The Labute approximate surface area is 70.1 Å². The van der Waals surface area contributed by atoms with Crippen LogP contribution in [0.4, 0.5) is 0 Å². The summed E-state index contributed by atoms with van der Waals surface area (Å²) in [4.78, 5) is 2.34. The first-order valence-electron chi connectivity index (χ1n) is 4.59. The van der Waals surface area contributed by atoms with Gasteiger partial charge in [-0.25, -0.2) is 0 Å². The van der Waals surface area contributed by atoms with Gasteiger partial charge in [0.15, 0.2) is 0 Å². The molecular formula is C10H19N. The van der Waals surface area contributed by atoms with Gasteiger partial charge < -0.3 is 4.90 Å². The predicted octanol–water partition coefficient (Wildman–Crippen LogP) is 2.50. The summed E-state index contributed by atoms with van der Waals surface area (Å²) >= 11 is 0. The molecule has 64 valence electrons. The van der Waals surface area contributed by atoms with Crippen molar-refractivity contribution in [2.75, 3.05) is 13.1 Å². The van der Waals surface area contributed by atoms with Gasteiger partial charge in [-0.05, 0) is 30.9 Å². The highest BCUT2D eigenvalue weighted by Gasteiger charge is 2.16. The molecule has 11 heavy (non-hydrogen) atoms. The highest BCUT2D eigenvalue weighted by Crippen LogP contribution is 2.20. The fourth-order valence-corrected chi connectivity index (χ4v) is 1.92. The molecular weight excluding hydrogens is 134 g/mol. The van der Waals surface area contributed by atoms with Gasteiger partial charge in [0.25, 0.3) is 0 Å². The molecule has 1 aliphatic rings. The first-order valence-corrected chi connectivity index (χ1v) is 4.59. The van der Waals surface area contributed by atoms with Crippen LogP contribution in [0.15, 0.2) is 12.8 Å². The zero-order valence-electron chi connectivity index (χ0n) is 7.71. The number of likely N-dealkylation sites (tertiary alicyclic amines) is 1. The van der Waals surface area contributed by atoms with E-state index in [1.54, 1.807) is 0 Å². The van der Waals surface area contributed by atoms with Gasteiger partial charge in [0.05, 0.1) is 0 Å². The maximum absolute atomic E-state index is 3.81. The third-order valence-electron chi connectivity index (χ3n) is 2.52. The normalized spacial score (nSPS) is 33.1. The predicted molar refractivity (Wildman–Crippen MR) is 49.3 cm³/mol. The topological polar surface area (TPSA) is 3.24 Å². The molecule has 0 saturated carbocycles. The summed E-state index contributed by atoms with van der Waals surface area (Å²) in [6, 6.07) is 0. The van der Waals surface area contributed by atoms with Gasteiger partial charge in [0, 0.05) is 13.1 Å². The number of hydrogen-bond acceptors (Lipinski definition) is 1. The lowest BCUT2D eigenvalue weighted by molar-refractivity contribution is 0.346. The van der Waals surface area contributed by atoms with Gasteiger partial charge in [-0.3, -0.25) is 0 Å². The Morgan fingerprint density at radius 3 is 2.73 bits per heavy atom. The standard InChI is InChI=1S/C10H19N/c1-4-11-6-5-9(2)7-10(3)8-11/h4,9-10H,1,5-8H2,2-3H3/t9?,10-/m0/s1. The molecule has 0 aromatic carbocycles. The average molecular weight is 153 g/mol. The fraction of sp³-hybridized carbons (Fsp3) is 0.800. The minimum atomic E-state index is 0.838. The quantitative estimate of drug-likeness (QED) is 0.559. The molecule has 0 N–H and O–H groups in total. The number of nitrogens with zero attached hydrogens (tertiary/aromatic N) is 1. The van der Waals surface area contributed by atoms with E-state index >= 15 is 0 Å². The van der Waals surface area contributed by atoms with Crippen LogP contribution in [-0.2, 0) is 0 Å². The van der Waals surface area contributed by atoms with Crippen molar-refractivity contribution in [1.82, 2.24) is 4.90 Å². The lowest BCUT2D eigenvalue weighted by atomic mass is 9.97. The van der Waals surface area contributed by atoms with Gasteiger partial charge in [-0.1, -0.05) is 20.4 Å². The summed E-state index contributed by atoms with van der Waals surface area (Å²) < 4.78 is 0. The smallest absolute Gasteiger partial charge is 0.0198 e. The summed E-state index contributed by atoms with van der Waals surface area (Å²) in [7, 11) is 0. The second-order valence-corrected chi connectivity index (χ2v) is 3.91.